The lowest BCUT2D eigenvalue weighted by Crippen LogP contribution is -2.28. The standard InChI is InChI=1S/C8H6N2/c1-6-2-4-9-8-7(6)3-5-10-8/h2-3,5H,1H3/p+1. The van der Waals surface area contributed by atoms with Crippen molar-refractivity contribution in [1.29, 1.82) is 0 Å². The minimum absolute atomic E-state index is 0.917. The lowest BCUT2D eigenvalue weighted by Gasteiger charge is -1.80. The highest BCUT2D eigenvalue weighted by Crippen LogP contribution is 1.86. The first-order chi connectivity index (χ1) is 4.88. The lowest BCUT2D eigenvalue weighted by molar-refractivity contribution is 1.18. The van der Waals surface area contributed by atoms with Gasteiger partial charge in [-0.05, 0) is 18.6 Å². The molecule has 0 atom stereocenters. The smallest absolute Gasteiger partial charge is 0.232 e. The Morgan fingerprint density at radius 3 is 3.30 bits per heavy atom. The first-order valence-electron chi connectivity index (χ1n) is 3.19. The molecule has 0 bridgehead atoms. The second-order valence-corrected chi connectivity index (χ2v) is 2.31. The fraction of sp³-hybridized carbons (Fsp3) is 0.125. The summed E-state index contributed by atoms with van der Waals surface area (Å²) in [6.45, 7) is 2.05. The first-order valence-corrected chi connectivity index (χ1v) is 3.19. The maximum Gasteiger partial charge on any atom is 0.391 e. The third kappa shape index (κ3) is 0.577. The van der Waals surface area contributed by atoms with Crippen LogP contribution in [-0.4, -0.2) is 10.9 Å². The molecule has 48 valence electrons. The third-order valence-corrected chi connectivity index (χ3v) is 1.61. The largest absolute Gasteiger partial charge is 0.391 e. The number of aromatic amines is 1. The van der Waals surface area contributed by atoms with Crippen molar-refractivity contribution in [2.24, 2.45) is 0 Å². The molecule has 10 heavy (non-hydrogen) atoms. The van der Waals surface area contributed by atoms with E-state index in [-0.39, 0.29) is 0 Å². The molecule has 1 aliphatic rings. The molecule has 0 unspecified atom stereocenters. The van der Waals surface area contributed by atoms with Gasteiger partial charge >= 0.3 is 5.49 Å². The Balaban J connectivity index is 3.19. The van der Waals surface area contributed by atoms with E-state index in [9.17, 15) is 0 Å². The van der Waals surface area contributed by atoms with Crippen molar-refractivity contribution in [2.75, 3.05) is 0 Å². The third-order valence-electron chi connectivity index (χ3n) is 1.61. The average Bonchev–Trinajstić information content (AvgIpc) is 2.36. The predicted octanol–water partition coefficient (Wildman–Crippen LogP) is -0.888. The SMILES string of the molecule is CC1=c2cc[nH]c2=[N+]=C=C1. The van der Waals surface area contributed by atoms with Crippen LogP contribution in [0.15, 0.2) is 18.3 Å². The second-order valence-electron chi connectivity index (χ2n) is 2.31. The van der Waals surface area contributed by atoms with Gasteiger partial charge in [0, 0.05) is 6.08 Å². The molecule has 1 aromatic rings. The van der Waals surface area contributed by atoms with Crippen molar-refractivity contribution in [3.8, 4) is 0 Å². The zero-order valence-electron chi connectivity index (χ0n) is 5.68. The summed E-state index contributed by atoms with van der Waals surface area (Å²) in [5.41, 5.74) is 2.13. The van der Waals surface area contributed by atoms with Gasteiger partial charge in [-0.25, -0.2) is 4.98 Å². The maximum atomic E-state index is 4.02. The van der Waals surface area contributed by atoms with E-state index >= 15 is 0 Å². The summed E-state index contributed by atoms with van der Waals surface area (Å²) in [5, 5.41) is 1.18. The maximum absolute atomic E-state index is 4.02. The summed E-state index contributed by atoms with van der Waals surface area (Å²) in [7, 11) is 0. The highest BCUT2D eigenvalue weighted by atomic mass is 14.8. The molecule has 1 N–H and O–H groups in total. The van der Waals surface area contributed by atoms with Crippen LogP contribution in [0.1, 0.15) is 6.92 Å². The van der Waals surface area contributed by atoms with E-state index in [1.165, 1.54) is 10.8 Å². The Kier molecular flexibility index (Phi) is 0.925. The molecule has 0 saturated carbocycles. The molecule has 1 aliphatic heterocycles. The number of aromatic nitrogens is 1. The van der Waals surface area contributed by atoms with Crippen molar-refractivity contribution in [1.82, 2.24) is 9.65 Å². The summed E-state index contributed by atoms with van der Waals surface area (Å²) in [6.07, 6.45) is 3.77. The van der Waals surface area contributed by atoms with E-state index in [4.69, 9.17) is 0 Å². The van der Waals surface area contributed by atoms with Crippen molar-refractivity contribution in [3.05, 3.63) is 29.0 Å². The van der Waals surface area contributed by atoms with Gasteiger partial charge in [0.2, 0.25) is 0 Å². The van der Waals surface area contributed by atoms with Crippen molar-refractivity contribution in [3.63, 3.8) is 0 Å². The van der Waals surface area contributed by atoms with Crippen molar-refractivity contribution < 1.29 is 0 Å². The van der Waals surface area contributed by atoms with Crippen LogP contribution in [0.4, 0.5) is 0 Å². The zero-order chi connectivity index (χ0) is 6.97. The number of rotatable bonds is 0. The van der Waals surface area contributed by atoms with Crippen LogP contribution in [0, 0.1) is 0 Å². The number of nitrogens with zero attached hydrogens (tertiary/aromatic N) is 1. The molecule has 0 amide bonds. The average molecular weight is 131 g/mol. The molecule has 2 heteroatoms. The molecule has 1 aromatic heterocycles. The van der Waals surface area contributed by atoms with Gasteiger partial charge in [-0.2, -0.15) is 4.67 Å². The molecule has 0 saturated heterocycles. The van der Waals surface area contributed by atoms with Gasteiger partial charge in [-0.15, -0.1) is 0 Å². The Morgan fingerprint density at radius 1 is 1.60 bits per heavy atom. The second kappa shape index (κ2) is 1.74. The molecular weight excluding hydrogens is 124 g/mol. The number of allylic oxidation sites excluding steroid dienone is 1. The molecule has 0 radical (unpaired) electrons. The molecule has 2 nitrogen and oxygen atoms in total. The van der Waals surface area contributed by atoms with E-state index in [1.54, 1.807) is 0 Å². The van der Waals surface area contributed by atoms with Gasteiger partial charge in [-0.1, -0.05) is 0 Å². The van der Waals surface area contributed by atoms with E-state index < -0.39 is 0 Å². The van der Waals surface area contributed by atoms with Crippen LogP contribution in [0.5, 0.6) is 0 Å². The van der Waals surface area contributed by atoms with Crippen LogP contribution in [0.2, 0.25) is 0 Å². The first kappa shape index (κ1) is 5.31. The van der Waals surface area contributed by atoms with E-state index in [1.807, 2.05) is 25.3 Å². The summed E-state index contributed by atoms with van der Waals surface area (Å²) < 4.78 is 4.02. The topological polar surface area (TPSA) is 29.9 Å². The summed E-state index contributed by atoms with van der Waals surface area (Å²) >= 11 is 0. The van der Waals surface area contributed by atoms with E-state index in [2.05, 4.69) is 15.5 Å². The Hall–Kier alpha value is -1.49. The molecule has 0 aromatic carbocycles. The molecule has 0 fully saturated rings. The Labute approximate surface area is 58.0 Å². The molecule has 2 rings (SSSR count). The van der Waals surface area contributed by atoms with Crippen LogP contribution >= 0.6 is 0 Å². The van der Waals surface area contributed by atoms with Crippen LogP contribution in [0.25, 0.3) is 5.57 Å². The van der Waals surface area contributed by atoms with Gasteiger partial charge < -0.3 is 0 Å². The Morgan fingerprint density at radius 2 is 2.50 bits per heavy atom. The minimum atomic E-state index is 0.917. The highest BCUT2D eigenvalue weighted by Gasteiger charge is 2.00. The summed E-state index contributed by atoms with van der Waals surface area (Å²) in [4.78, 5) is 3.02. The minimum Gasteiger partial charge on any atom is -0.232 e. The van der Waals surface area contributed by atoms with Gasteiger partial charge in [0.25, 0.3) is 0 Å². The van der Waals surface area contributed by atoms with Gasteiger partial charge in [0.1, 0.15) is 0 Å². The number of hydrogen-bond acceptors (Lipinski definition) is 0. The Bertz CT molecular complexity index is 438. The lowest BCUT2D eigenvalue weighted by atomic mass is 10.2. The highest BCUT2D eigenvalue weighted by molar-refractivity contribution is 5.71. The van der Waals surface area contributed by atoms with E-state index in [0.717, 1.165) is 5.49 Å². The molecule has 0 aliphatic carbocycles. The van der Waals surface area contributed by atoms with Crippen molar-refractivity contribution in [2.45, 2.75) is 6.92 Å². The summed E-state index contributed by atoms with van der Waals surface area (Å²) in [6, 6.07) is 2.02. The predicted molar refractivity (Wildman–Crippen MR) is 39.9 cm³/mol. The number of fused-ring (bicyclic) bond motifs is 1. The molecule has 0 spiro atoms. The van der Waals surface area contributed by atoms with Crippen LogP contribution in [-0.2, 0) is 0 Å². The normalized spacial score (nSPS) is 13.1. The fourth-order valence-corrected chi connectivity index (χ4v) is 1.04. The quantitative estimate of drug-likeness (QED) is 0.443. The van der Waals surface area contributed by atoms with Gasteiger partial charge in [-0.3, -0.25) is 0 Å². The zero-order valence-corrected chi connectivity index (χ0v) is 5.68. The van der Waals surface area contributed by atoms with Crippen LogP contribution in [0.3, 0.4) is 0 Å². The molecular formula is C8H7N2+. The number of hydrogen-bond donors (Lipinski definition) is 1. The van der Waals surface area contributed by atoms with Gasteiger partial charge in [0.15, 0.2) is 5.87 Å². The summed E-state index contributed by atoms with van der Waals surface area (Å²) in [5.74, 6) is 2.81. The number of nitrogens with one attached hydrogen (secondary N) is 1. The van der Waals surface area contributed by atoms with E-state index in [0.29, 0.717) is 0 Å². The fourth-order valence-electron chi connectivity index (χ4n) is 1.04. The molecule has 2 heterocycles. The monoisotopic (exact) mass is 131 g/mol. The van der Waals surface area contributed by atoms with Gasteiger partial charge in [0.05, 0.1) is 11.4 Å². The van der Waals surface area contributed by atoms with Crippen LogP contribution < -0.4 is 15.4 Å². The number of H-pyrrole nitrogens is 1. The van der Waals surface area contributed by atoms with Crippen molar-refractivity contribution >= 4 is 11.4 Å².